The largest absolute Gasteiger partial charge is 0.375 e. The van der Waals surface area contributed by atoms with Crippen molar-refractivity contribution in [1.29, 1.82) is 0 Å². The zero-order valence-corrected chi connectivity index (χ0v) is 15.8. The van der Waals surface area contributed by atoms with E-state index in [1.807, 2.05) is 59.5 Å². The number of ether oxygens (including phenoxy) is 1. The third-order valence-corrected chi connectivity index (χ3v) is 5.13. The number of benzene rings is 2. The van der Waals surface area contributed by atoms with Gasteiger partial charge < -0.3 is 9.64 Å². The molecule has 1 saturated carbocycles. The molecule has 0 atom stereocenters. The SMILES string of the molecule is O=C(c1ccccc1-n1nccn1)N(CCOCc1ccccc1)C1CCC1. The third-order valence-electron chi connectivity index (χ3n) is 5.13. The van der Waals surface area contributed by atoms with E-state index in [2.05, 4.69) is 10.2 Å². The molecule has 1 heterocycles. The van der Waals surface area contributed by atoms with E-state index in [1.165, 1.54) is 11.2 Å². The van der Waals surface area contributed by atoms with E-state index in [0.29, 0.717) is 31.0 Å². The summed E-state index contributed by atoms with van der Waals surface area (Å²) < 4.78 is 5.83. The molecule has 1 amide bonds. The van der Waals surface area contributed by atoms with Gasteiger partial charge in [-0.3, -0.25) is 4.79 Å². The van der Waals surface area contributed by atoms with E-state index >= 15 is 0 Å². The van der Waals surface area contributed by atoms with Crippen LogP contribution < -0.4 is 0 Å². The number of carbonyl (C=O) groups is 1. The molecule has 1 fully saturated rings. The van der Waals surface area contributed by atoms with E-state index < -0.39 is 0 Å². The zero-order valence-electron chi connectivity index (χ0n) is 15.8. The van der Waals surface area contributed by atoms with Gasteiger partial charge in [0.1, 0.15) is 0 Å². The summed E-state index contributed by atoms with van der Waals surface area (Å²) in [5.74, 6) is 0.0147. The van der Waals surface area contributed by atoms with Gasteiger partial charge in [-0.25, -0.2) is 0 Å². The number of aromatic nitrogens is 3. The summed E-state index contributed by atoms with van der Waals surface area (Å²) >= 11 is 0. The lowest BCUT2D eigenvalue weighted by Gasteiger charge is -2.37. The fourth-order valence-electron chi connectivity index (χ4n) is 3.40. The molecule has 144 valence electrons. The smallest absolute Gasteiger partial charge is 0.256 e. The highest BCUT2D eigenvalue weighted by molar-refractivity contribution is 5.98. The van der Waals surface area contributed by atoms with Gasteiger partial charge in [0.05, 0.1) is 36.9 Å². The van der Waals surface area contributed by atoms with Gasteiger partial charge in [0, 0.05) is 12.6 Å². The first-order valence-electron chi connectivity index (χ1n) is 9.71. The van der Waals surface area contributed by atoms with E-state index in [4.69, 9.17) is 4.74 Å². The van der Waals surface area contributed by atoms with E-state index in [9.17, 15) is 4.79 Å². The first-order valence-corrected chi connectivity index (χ1v) is 9.71. The van der Waals surface area contributed by atoms with Gasteiger partial charge in [-0.2, -0.15) is 15.0 Å². The van der Waals surface area contributed by atoms with Gasteiger partial charge in [0.2, 0.25) is 0 Å². The molecular formula is C22H24N4O2. The molecule has 2 aromatic carbocycles. The molecule has 1 aliphatic rings. The highest BCUT2D eigenvalue weighted by Gasteiger charge is 2.30. The Morgan fingerprint density at radius 1 is 1.04 bits per heavy atom. The lowest BCUT2D eigenvalue weighted by molar-refractivity contribution is 0.0402. The Morgan fingerprint density at radius 2 is 1.75 bits per heavy atom. The Bertz CT molecular complexity index is 892. The molecule has 4 rings (SSSR count). The minimum Gasteiger partial charge on any atom is -0.375 e. The summed E-state index contributed by atoms with van der Waals surface area (Å²) in [6.45, 7) is 1.65. The minimum atomic E-state index is 0.0147. The van der Waals surface area contributed by atoms with Gasteiger partial charge in [0.15, 0.2) is 0 Å². The summed E-state index contributed by atoms with van der Waals surface area (Å²) in [5, 5.41) is 8.37. The number of carbonyl (C=O) groups excluding carboxylic acids is 1. The van der Waals surface area contributed by atoms with Crippen LogP contribution in [0.4, 0.5) is 0 Å². The van der Waals surface area contributed by atoms with Crippen LogP contribution in [-0.4, -0.2) is 45.0 Å². The summed E-state index contributed by atoms with van der Waals surface area (Å²) in [6.07, 6.45) is 6.49. The predicted molar refractivity (Wildman–Crippen MR) is 106 cm³/mol. The van der Waals surface area contributed by atoms with Crippen LogP contribution in [0.2, 0.25) is 0 Å². The molecule has 6 heteroatoms. The Balaban J connectivity index is 1.45. The average Bonchev–Trinajstić information content (AvgIpc) is 3.24. The molecule has 0 bridgehead atoms. The van der Waals surface area contributed by atoms with Crippen LogP contribution in [0, 0.1) is 0 Å². The first kappa shape index (κ1) is 18.4. The lowest BCUT2D eigenvalue weighted by atomic mass is 9.91. The number of hydrogen-bond acceptors (Lipinski definition) is 4. The Morgan fingerprint density at radius 3 is 2.46 bits per heavy atom. The maximum atomic E-state index is 13.4. The number of para-hydroxylation sites is 1. The van der Waals surface area contributed by atoms with Crippen molar-refractivity contribution in [1.82, 2.24) is 19.9 Å². The van der Waals surface area contributed by atoms with E-state index in [-0.39, 0.29) is 11.9 Å². The van der Waals surface area contributed by atoms with Crippen LogP contribution in [0.25, 0.3) is 5.69 Å². The number of amides is 1. The van der Waals surface area contributed by atoms with Crippen LogP contribution >= 0.6 is 0 Å². The summed E-state index contributed by atoms with van der Waals surface area (Å²) in [7, 11) is 0. The molecule has 3 aromatic rings. The lowest BCUT2D eigenvalue weighted by Crippen LogP contribution is -2.46. The average molecular weight is 376 g/mol. The highest BCUT2D eigenvalue weighted by atomic mass is 16.5. The molecule has 0 N–H and O–H groups in total. The molecule has 28 heavy (non-hydrogen) atoms. The number of nitrogens with zero attached hydrogens (tertiary/aromatic N) is 4. The van der Waals surface area contributed by atoms with Crippen molar-refractivity contribution in [3.8, 4) is 5.69 Å². The second-order valence-corrected chi connectivity index (χ2v) is 6.96. The second kappa shape index (κ2) is 8.80. The predicted octanol–water partition coefficient (Wildman–Crippen LogP) is 3.48. The van der Waals surface area contributed by atoms with Crippen LogP contribution in [-0.2, 0) is 11.3 Å². The maximum absolute atomic E-state index is 13.4. The maximum Gasteiger partial charge on any atom is 0.256 e. The molecule has 0 spiro atoms. The Labute approximate surface area is 164 Å². The topological polar surface area (TPSA) is 60.2 Å². The van der Waals surface area contributed by atoms with Gasteiger partial charge in [-0.15, -0.1) is 0 Å². The molecule has 6 nitrogen and oxygen atoms in total. The Hall–Kier alpha value is -2.99. The first-order chi connectivity index (χ1) is 13.8. The Kier molecular flexibility index (Phi) is 5.77. The summed E-state index contributed by atoms with van der Waals surface area (Å²) in [4.78, 5) is 16.8. The van der Waals surface area contributed by atoms with Crippen molar-refractivity contribution < 1.29 is 9.53 Å². The number of hydrogen-bond donors (Lipinski definition) is 0. The molecule has 0 aliphatic heterocycles. The molecule has 0 unspecified atom stereocenters. The molecule has 1 aliphatic carbocycles. The monoisotopic (exact) mass is 376 g/mol. The van der Waals surface area contributed by atoms with Crippen LogP contribution in [0.5, 0.6) is 0 Å². The highest BCUT2D eigenvalue weighted by Crippen LogP contribution is 2.27. The van der Waals surface area contributed by atoms with E-state index in [0.717, 1.165) is 18.4 Å². The fourth-order valence-corrected chi connectivity index (χ4v) is 3.40. The number of rotatable bonds is 8. The van der Waals surface area contributed by atoms with Gasteiger partial charge in [-0.1, -0.05) is 42.5 Å². The van der Waals surface area contributed by atoms with Crippen LogP contribution in [0.1, 0.15) is 35.2 Å². The van der Waals surface area contributed by atoms with Crippen LogP contribution in [0.15, 0.2) is 67.0 Å². The quantitative estimate of drug-likeness (QED) is 0.565. The van der Waals surface area contributed by atoms with Crippen molar-refractivity contribution in [2.24, 2.45) is 0 Å². The van der Waals surface area contributed by atoms with Crippen LogP contribution in [0.3, 0.4) is 0 Å². The normalized spacial score (nSPS) is 13.9. The molecule has 0 saturated heterocycles. The summed E-state index contributed by atoms with van der Waals surface area (Å²) in [5.41, 5.74) is 2.46. The second-order valence-electron chi connectivity index (χ2n) is 6.96. The zero-order chi connectivity index (χ0) is 19.2. The van der Waals surface area contributed by atoms with Crippen molar-refractivity contribution in [3.05, 3.63) is 78.1 Å². The van der Waals surface area contributed by atoms with Crippen molar-refractivity contribution in [2.75, 3.05) is 13.2 Å². The third kappa shape index (κ3) is 4.12. The van der Waals surface area contributed by atoms with Crippen molar-refractivity contribution in [2.45, 2.75) is 31.9 Å². The molecule has 0 radical (unpaired) electrons. The molecule has 1 aromatic heterocycles. The van der Waals surface area contributed by atoms with Gasteiger partial charge in [-0.05, 0) is 37.0 Å². The fraction of sp³-hybridized carbons (Fsp3) is 0.318. The van der Waals surface area contributed by atoms with Gasteiger partial charge in [0.25, 0.3) is 5.91 Å². The van der Waals surface area contributed by atoms with Gasteiger partial charge >= 0.3 is 0 Å². The summed E-state index contributed by atoms with van der Waals surface area (Å²) in [6, 6.07) is 17.9. The minimum absolute atomic E-state index is 0.0147. The standard InChI is InChI=1S/C22H24N4O2/c27-22(20-11-4-5-12-21(20)26-23-13-14-24-26)25(19-9-6-10-19)15-16-28-17-18-7-2-1-3-8-18/h1-5,7-8,11-14,19H,6,9-10,15-17H2. The van der Waals surface area contributed by atoms with Crippen molar-refractivity contribution >= 4 is 5.91 Å². The molecular weight excluding hydrogens is 352 g/mol. The van der Waals surface area contributed by atoms with Crippen molar-refractivity contribution in [3.63, 3.8) is 0 Å². The van der Waals surface area contributed by atoms with E-state index in [1.54, 1.807) is 12.4 Å².